The summed E-state index contributed by atoms with van der Waals surface area (Å²) in [6.07, 6.45) is -10.4. The average molecular weight is 749 g/mol. The van der Waals surface area contributed by atoms with Crippen molar-refractivity contribution in [2.75, 3.05) is 18.0 Å². The number of ether oxygens (including phenoxy) is 1. The van der Waals surface area contributed by atoms with Crippen molar-refractivity contribution in [2.24, 2.45) is 11.8 Å². The maximum atomic E-state index is 14.7. The summed E-state index contributed by atoms with van der Waals surface area (Å²) in [4.78, 5) is 31.3. The number of halogens is 6. The fourth-order valence-corrected chi connectivity index (χ4v) is 6.66. The fourth-order valence-electron chi connectivity index (χ4n) is 6.66. The van der Waals surface area contributed by atoms with Crippen LogP contribution in [-0.4, -0.2) is 53.0 Å². The lowest BCUT2D eigenvalue weighted by Crippen LogP contribution is -2.52. The number of piperidine rings is 1. The first-order valence-electron chi connectivity index (χ1n) is 17.0. The van der Waals surface area contributed by atoms with Gasteiger partial charge in [-0.1, -0.05) is 91.0 Å². The minimum Gasteiger partial charge on any atom is -0.457 e. The summed E-state index contributed by atoms with van der Waals surface area (Å²) in [6, 6.07) is 27.0. The number of aliphatic hydroxyl groups is 1. The standard InChI is InChI=1S/C40H34F6N4O4/c41-39(42,43)30-22-48-32(21-29(30)38(53)54-23-24-10-4-1-5-11-24)50-18-16-27(17-19-50)35(47)33-31(49-37(52)36(51)34(33)40(44,45)46)20-28(25-12-6-2-7-13-25)26-14-8-3-9-15-26/h1-15,20-22,27,34,36,47,51H,16-19,23H2,(H,49,52)/t34?,36-/m1/s1. The third-order valence-corrected chi connectivity index (χ3v) is 9.40. The van der Waals surface area contributed by atoms with E-state index >= 15 is 0 Å². The minimum atomic E-state index is -5.10. The number of hydrogen-bond donors (Lipinski definition) is 3. The van der Waals surface area contributed by atoms with Crippen LogP contribution >= 0.6 is 0 Å². The Morgan fingerprint density at radius 3 is 2.00 bits per heavy atom. The summed E-state index contributed by atoms with van der Waals surface area (Å²) < 4.78 is 91.1. The van der Waals surface area contributed by atoms with Gasteiger partial charge in [0.1, 0.15) is 24.4 Å². The number of alkyl halides is 6. The highest BCUT2D eigenvalue weighted by molar-refractivity contribution is 6.05. The zero-order chi connectivity index (χ0) is 38.6. The van der Waals surface area contributed by atoms with Crippen LogP contribution in [0.3, 0.4) is 0 Å². The molecule has 1 saturated heterocycles. The molecule has 0 aliphatic carbocycles. The van der Waals surface area contributed by atoms with E-state index in [-0.39, 0.29) is 44.1 Å². The molecule has 3 aromatic carbocycles. The summed E-state index contributed by atoms with van der Waals surface area (Å²) in [6.45, 7) is -0.137. The molecule has 0 radical (unpaired) electrons. The van der Waals surface area contributed by atoms with Crippen molar-refractivity contribution in [2.45, 2.75) is 37.9 Å². The van der Waals surface area contributed by atoms with Gasteiger partial charge in [0.2, 0.25) is 0 Å². The lowest BCUT2D eigenvalue weighted by Gasteiger charge is -2.38. The van der Waals surface area contributed by atoms with E-state index in [0.717, 1.165) is 6.07 Å². The quantitative estimate of drug-likeness (QED) is 0.0917. The molecular weight excluding hydrogens is 714 g/mol. The fraction of sp³-hybridized carbons (Fsp3) is 0.250. The van der Waals surface area contributed by atoms with Gasteiger partial charge in [-0.2, -0.15) is 26.3 Å². The molecule has 1 amide bonds. The Bertz CT molecular complexity index is 2020. The second kappa shape index (κ2) is 15.7. The zero-order valence-corrected chi connectivity index (χ0v) is 28.5. The minimum absolute atomic E-state index is 0.0198. The molecule has 280 valence electrons. The van der Waals surface area contributed by atoms with Crippen LogP contribution < -0.4 is 10.2 Å². The highest BCUT2D eigenvalue weighted by Crippen LogP contribution is 2.42. The number of aliphatic hydroxyl groups excluding tert-OH is 1. The van der Waals surface area contributed by atoms with Crippen LogP contribution in [0.4, 0.5) is 32.2 Å². The molecule has 2 aliphatic rings. The first-order valence-corrected chi connectivity index (χ1v) is 17.0. The molecule has 0 saturated carbocycles. The van der Waals surface area contributed by atoms with Crippen molar-refractivity contribution in [3.05, 3.63) is 148 Å². The van der Waals surface area contributed by atoms with Crippen LogP contribution in [-0.2, 0) is 22.3 Å². The Balaban J connectivity index is 1.31. The maximum Gasteiger partial charge on any atom is 0.418 e. The monoisotopic (exact) mass is 748 g/mol. The normalized spacial score (nSPS) is 18.2. The molecule has 1 aromatic heterocycles. The number of nitrogens with zero attached hydrogens (tertiary/aromatic N) is 2. The van der Waals surface area contributed by atoms with Crippen LogP contribution in [0.2, 0.25) is 0 Å². The van der Waals surface area contributed by atoms with Crippen LogP contribution in [0.25, 0.3) is 5.57 Å². The third-order valence-electron chi connectivity index (χ3n) is 9.40. The van der Waals surface area contributed by atoms with Gasteiger partial charge in [0.05, 0.1) is 11.1 Å². The lowest BCUT2D eigenvalue weighted by molar-refractivity contribution is -0.191. The largest absolute Gasteiger partial charge is 0.457 e. The van der Waals surface area contributed by atoms with E-state index in [9.17, 15) is 41.0 Å². The van der Waals surface area contributed by atoms with Crippen molar-refractivity contribution in [1.82, 2.24) is 10.3 Å². The molecule has 14 heteroatoms. The molecule has 2 atom stereocenters. The number of anilines is 1. The molecule has 0 spiro atoms. The SMILES string of the molecule is N=C(C1=C(C=C(c2ccccc2)c2ccccc2)NC(=O)[C@H](O)C1C(F)(F)F)C1CCN(c2cc(C(=O)OCc3ccccc3)c(C(F)(F)F)cn2)CC1. The molecule has 3 heterocycles. The van der Waals surface area contributed by atoms with Gasteiger partial charge in [0.15, 0.2) is 0 Å². The predicted octanol–water partition coefficient (Wildman–Crippen LogP) is 7.75. The van der Waals surface area contributed by atoms with Gasteiger partial charge in [-0.15, -0.1) is 0 Å². The number of carbonyl (C=O) groups is 2. The smallest absolute Gasteiger partial charge is 0.418 e. The van der Waals surface area contributed by atoms with E-state index in [1.165, 1.54) is 6.08 Å². The summed E-state index contributed by atoms with van der Waals surface area (Å²) in [5.74, 6) is -5.95. The molecule has 8 nitrogen and oxygen atoms in total. The molecule has 54 heavy (non-hydrogen) atoms. The van der Waals surface area contributed by atoms with Crippen LogP contribution in [0.15, 0.2) is 121 Å². The van der Waals surface area contributed by atoms with E-state index in [1.807, 2.05) is 0 Å². The molecule has 6 rings (SSSR count). The molecule has 0 bridgehead atoms. The Hall–Kier alpha value is -5.76. The van der Waals surface area contributed by atoms with Gasteiger partial charge < -0.3 is 25.5 Å². The van der Waals surface area contributed by atoms with Crippen molar-refractivity contribution < 1.29 is 45.8 Å². The number of rotatable bonds is 9. The summed E-state index contributed by atoms with van der Waals surface area (Å²) in [5.41, 5.74) is -1.01. The van der Waals surface area contributed by atoms with Crippen molar-refractivity contribution in [3.63, 3.8) is 0 Å². The van der Waals surface area contributed by atoms with Crippen molar-refractivity contribution >= 4 is 29.0 Å². The van der Waals surface area contributed by atoms with Gasteiger partial charge in [0.25, 0.3) is 5.91 Å². The van der Waals surface area contributed by atoms with E-state index in [1.54, 1.807) is 95.9 Å². The highest BCUT2D eigenvalue weighted by Gasteiger charge is 2.54. The Labute approximate surface area is 306 Å². The van der Waals surface area contributed by atoms with Crippen molar-refractivity contribution in [3.8, 4) is 0 Å². The molecule has 3 N–H and O–H groups in total. The average Bonchev–Trinajstić information content (AvgIpc) is 3.17. The maximum absolute atomic E-state index is 14.7. The Morgan fingerprint density at radius 2 is 1.46 bits per heavy atom. The number of hydrogen-bond acceptors (Lipinski definition) is 7. The highest BCUT2D eigenvalue weighted by atomic mass is 19.4. The predicted molar refractivity (Wildman–Crippen MR) is 188 cm³/mol. The second-order valence-electron chi connectivity index (χ2n) is 12.9. The first-order chi connectivity index (χ1) is 25.7. The Kier molecular flexibility index (Phi) is 11.0. The molecule has 1 unspecified atom stereocenters. The van der Waals surface area contributed by atoms with Gasteiger partial charge >= 0.3 is 18.3 Å². The molecule has 4 aromatic rings. The molecule has 2 aliphatic heterocycles. The summed E-state index contributed by atoms with van der Waals surface area (Å²) in [7, 11) is 0. The van der Waals surface area contributed by atoms with Crippen LogP contribution in [0, 0.1) is 17.2 Å². The van der Waals surface area contributed by atoms with E-state index < -0.39 is 64.6 Å². The number of aromatic nitrogens is 1. The summed E-state index contributed by atoms with van der Waals surface area (Å²) in [5, 5.41) is 22.2. The van der Waals surface area contributed by atoms with Gasteiger partial charge in [-0.3, -0.25) is 4.79 Å². The van der Waals surface area contributed by atoms with Gasteiger partial charge in [-0.05, 0) is 47.2 Å². The van der Waals surface area contributed by atoms with Crippen LogP contribution in [0.1, 0.15) is 45.5 Å². The van der Waals surface area contributed by atoms with Gasteiger partial charge in [-0.25, -0.2) is 9.78 Å². The van der Waals surface area contributed by atoms with E-state index in [2.05, 4.69) is 10.3 Å². The van der Waals surface area contributed by atoms with Crippen LogP contribution in [0.5, 0.6) is 0 Å². The number of nitrogens with one attached hydrogen (secondary N) is 2. The second-order valence-corrected chi connectivity index (χ2v) is 12.9. The van der Waals surface area contributed by atoms with E-state index in [4.69, 9.17) is 10.1 Å². The van der Waals surface area contributed by atoms with Gasteiger partial charge in [0, 0.05) is 42.2 Å². The van der Waals surface area contributed by atoms with Crippen molar-refractivity contribution in [1.29, 1.82) is 5.41 Å². The molecule has 1 fully saturated rings. The Morgan fingerprint density at radius 1 is 0.907 bits per heavy atom. The number of benzene rings is 3. The first kappa shape index (κ1) is 38.0. The number of carbonyl (C=O) groups excluding carboxylic acids is 2. The molecular formula is C40H34F6N4O4. The van der Waals surface area contributed by atoms with E-state index in [0.29, 0.717) is 28.5 Å². The zero-order valence-electron chi connectivity index (χ0n) is 28.5. The third kappa shape index (κ3) is 8.38. The summed E-state index contributed by atoms with van der Waals surface area (Å²) >= 11 is 0. The number of pyridine rings is 1. The topological polar surface area (TPSA) is 116 Å². The number of esters is 1. The lowest BCUT2D eigenvalue weighted by atomic mass is 9.77. The number of amides is 1. The number of allylic oxidation sites excluding steroid dienone is 1.